The predicted octanol–water partition coefficient (Wildman–Crippen LogP) is 2.94. The molecule has 1 aromatic rings. The van der Waals surface area contributed by atoms with Crippen LogP contribution >= 0.6 is 27.3 Å². The molecule has 2 N–H and O–H groups in total. The molecule has 0 radical (unpaired) electrons. The first-order chi connectivity index (χ1) is 6.68. The smallest absolute Gasteiger partial charge is 0.0801 e. The Hall–Kier alpha value is 0.1000. The first-order valence-corrected chi connectivity index (χ1v) is 6.42. The van der Waals surface area contributed by atoms with E-state index in [0.29, 0.717) is 5.92 Å². The Bertz CT molecular complexity index is 315. The molecule has 1 fully saturated rings. The SMILES string of the molecule is CC1CCOC1C(N)c1ccc(Br)s1. The van der Waals surface area contributed by atoms with Crippen molar-refractivity contribution in [3.05, 3.63) is 20.8 Å². The van der Waals surface area contributed by atoms with Crippen LogP contribution in [0.4, 0.5) is 0 Å². The Morgan fingerprint density at radius 2 is 2.43 bits per heavy atom. The quantitative estimate of drug-likeness (QED) is 0.901. The van der Waals surface area contributed by atoms with E-state index in [4.69, 9.17) is 10.5 Å². The van der Waals surface area contributed by atoms with Crippen LogP contribution in [-0.4, -0.2) is 12.7 Å². The Labute approximate surface area is 96.6 Å². The van der Waals surface area contributed by atoms with Crippen LogP contribution in [0, 0.1) is 5.92 Å². The lowest BCUT2D eigenvalue weighted by atomic mass is 9.97. The van der Waals surface area contributed by atoms with Crippen molar-refractivity contribution >= 4 is 27.3 Å². The van der Waals surface area contributed by atoms with Crippen molar-refractivity contribution in [1.29, 1.82) is 0 Å². The van der Waals surface area contributed by atoms with Crippen LogP contribution in [0.3, 0.4) is 0 Å². The van der Waals surface area contributed by atoms with Gasteiger partial charge in [-0.1, -0.05) is 6.92 Å². The lowest BCUT2D eigenvalue weighted by molar-refractivity contribution is 0.0734. The van der Waals surface area contributed by atoms with Gasteiger partial charge in [0.15, 0.2) is 0 Å². The monoisotopic (exact) mass is 275 g/mol. The van der Waals surface area contributed by atoms with Crippen molar-refractivity contribution < 1.29 is 4.74 Å². The van der Waals surface area contributed by atoms with Crippen molar-refractivity contribution in [3.8, 4) is 0 Å². The van der Waals surface area contributed by atoms with E-state index in [1.807, 2.05) is 6.07 Å². The Kier molecular flexibility index (Phi) is 3.27. The molecule has 0 aliphatic carbocycles. The summed E-state index contributed by atoms with van der Waals surface area (Å²) in [5, 5.41) is 0. The summed E-state index contributed by atoms with van der Waals surface area (Å²) in [7, 11) is 0. The summed E-state index contributed by atoms with van der Waals surface area (Å²) in [6.45, 7) is 3.06. The number of nitrogens with two attached hydrogens (primary N) is 1. The molecule has 4 heteroatoms. The third kappa shape index (κ3) is 2.03. The topological polar surface area (TPSA) is 35.2 Å². The highest BCUT2D eigenvalue weighted by Gasteiger charge is 2.31. The van der Waals surface area contributed by atoms with Gasteiger partial charge in [-0.2, -0.15) is 0 Å². The summed E-state index contributed by atoms with van der Waals surface area (Å²) >= 11 is 5.14. The van der Waals surface area contributed by atoms with E-state index in [1.54, 1.807) is 11.3 Å². The fourth-order valence-corrected chi connectivity index (χ4v) is 3.31. The van der Waals surface area contributed by atoms with Gasteiger partial charge in [0, 0.05) is 11.5 Å². The molecule has 2 rings (SSSR count). The second kappa shape index (κ2) is 4.31. The minimum atomic E-state index is 0.0313. The Balaban J connectivity index is 2.11. The summed E-state index contributed by atoms with van der Waals surface area (Å²) in [5.41, 5.74) is 6.17. The van der Waals surface area contributed by atoms with Crippen LogP contribution in [-0.2, 0) is 4.74 Å². The maximum absolute atomic E-state index is 6.17. The number of ether oxygens (including phenoxy) is 1. The highest BCUT2D eigenvalue weighted by molar-refractivity contribution is 9.11. The normalized spacial score (nSPS) is 29.4. The second-order valence-electron chi connectivity index (χ2n) is 3.77. The zero-order valence-electron chi connectivity index (χ0n) is 8.07. The molecule has 0 saturated carbocycles. The van der Waals surface area contributed by atoms with Crippen molar-refractivity contribution in [2.45, 2.75) is 25.5 Å². The molecule has 14 heavy (non-hydrogen) atoms. The van der Waals surface area contributed by atoms with Gasteiger partial charge in [0.25, 0.3) is 0 Å². The molecule has 1 saturated heterocycles. The first-order valence-electron chi connectivity index (χ1n) is 4.81. The zero-order valence-corrected chi connectivity index (χ0v) is 10.5. The molecule has 78 valence electrons. The third-order valence-electron chi connectivity index (χ3n) is 2.72. The first kappa shape index (κ1) is 10.6. The molecular weight excluding hydrogens is 262 g/mol. The molecule has 1 aliphatic heterocycles. The fourth-order valence-electron chi connectivity index (χ4n) is 1.85. The number of rotatable bonds is 2. The van der Waals surface area contributed by atoms with Gasteiger partial charge < -0.3 is 10.5 Å². The van der Waals surface area contributed by atoms with Crippen LogP contribution in [0.15, 0.2) is 15.9 Å². The maximum atomic E-state index is 6.17. The predicted molar refractivity (Wildman–Crippen MR) is 62.5 cm³/mol. The Morgan fingerprint density at radius 3 is 2.93 bits per heavy atom. The molecule has 3 unspecified atom stereocenters. The number of halogens is 1. The van der Waals surface area contributed by atoms with E-state index < -0.39 is 0 Å². The van der Waals surface area contributed by atoms with E-state index in [0.717, 1.165) is 16.8 Å². The minimum Gasteiger partial charge on any atom is -0.376 e. The van der Waals surface area contributed by atoms with Gasteiger partial charge in [0.2, 0.25) is 0 Å². The van der Waals surface area contributed by atoms with Crippen molar-refractivity contribution in [1.82, 2.24) is 0 Å². The summed E-state index contributed by atoms with van der Waals surface area (Å²) in [4.78, 5) is 1.20. The van der Waals surface area contributed by atoms with Crippen LogP contribution in [0.2, 0.25) is 0 Å². The largest absolute Gasteiger partial charge is 0.376 e. The van der Waals surface area contributed by atoms with Gasteiger partial charge in [0.05, 0.1) is 15.9 Å². The summed E-state index contributed by atoms with van der Waals surface area (Å²) in [6, 6.07) is 4.15. The average molecular weight is 276 g/mol. The van der Waals surface area contributed by atoms with Crippen LogP contribution in [0.1, 0.15) is 24.3 Å². The molecule has 0 bridgehead atoms. The van der Waals surface area contributed by atoms with Gasteiger partial charge in [-0.05, 0) is 40.4 Å². The minimum absolute atomic E-state index is 0.0313. The highest BCUT2D eigenvalue weighted by Crippen LogP contribution is 2.34. The lowest BCUT2D eigenvalue weighted by Gasteiger charge is -2.21. The van der Waals surface area contributed by atoms with Crippen LogP contribution in [0.5, 0.6) is 0 Å². The number of hydrogen-bond acceptors (Lipinski definition) is 3. The van der Waals surface area contributed by atoms with Gasteiger partial charge in [-0.25, -0.2) is 0 Å². The Morgan fingerprint density at radius 1 is 1.64 bits per heavy atom. The van der Waals surface area contributed by atoms with Crippen LogP contribution in [0.25, 0.3) is 0 Å². The van der Waals surface area contributed by atoms with Gasteiger partial charge >= 0.3 is 0 Å². The van der Waals surface area contributed by atoms with E-state index >= 15 is 0 Å². The summed E-state index contributed by atoms with van der Waals surface area (Å²) in [5.74, 6) is 0.575. The summed E-state index contributed by atoms with van der Waals surface area (Å²) < 4.78 is 6.79. The molecule has 0 spiro atoms. The van der Waals surface area contributed by atoms with E-state index in [9.17, 15) is 0 Å². The third-order valence-corrected chi connectivity index (χ3v) is 4.45. The standard InChI is InChI=1S/C10H14BrNOS/c1-6-4-5-13-10(6)9(12)7-2-3-8(11)14-7/h2-3,6,9-10H,4-5,12H2,1H3. The summed E-state index contributed by atoms with van der Waals surface area (Å²) in [6.07, 6.45) is 1.32. The van der Waals surface area contributed by atoms with Gasteiger partial charge in [0.1, 0.15) is 0 Å². The molecular formula is C10H14BrNOS. The van der Waals surface area contributed by atoms with Crippen molar-refractivity contribution in [2.24, 2.45) is 11.7 Å². The molecule has 0 aromatic carbocycles. The maximum Gasteiger partial charge on any atom is 0.0801 e. The average Bonchev–Trinajstić information content (AvgIpc) is 2.73. The van der Waals surface area contributed by atoms with Crippen LogP contribution < -0.4 is 5.73 Å². The van der Waals surface area contributed by atoms with Crippen molar-refractivity contribution in [2.75, 3.05) is 6.61 Å². The van der Waals surface area contributed by atoms with Crippen molar-refractivity contribution in [3.63, 3.8) is 0 Å². The number of thiophene rings is 1. The van der Waals surface area contributed by atoms with Gasteiger partial charge in [-0.15, -0.1) is 11.3 Å². The lowest BCUT2D eigenvalue weighted by Crippen LogP contribution is -2.29. The molecule has 2 nitrogen and oxygen atoms in total. The molecule has 1 aromatic heterocycles. The highest BCUT2D eigenvalue weighted by atomic mass is 79.9. The molecule has 0 amide bonds. The fraction of sp³-hybridized carbons (Fsp3) is 0.600. The van der Waals surface area contributed by atoms with E-state index in [2.05, 4.69) is 28.9 Å². The molecule has 1 aliphatic rings. The number of hydrogen-bond donors (Lipinski definition) is 1. The van der Waals surface area contributed by atoms with Gasteiger partial charge in [-0.3, -0.25) is 0 Å². The van der Waals surface area contributed by atoms with E-state index in [-0.39, 0.29) is 12.1 Å². The second-order valence-corrected chi connectivity index (χ2v) is 6.26. The molecule has 2 heterocycles. The zero-order chi connectivity index (χ0) is 10.1. The molecule has 3 atom stereocenters. The van der Waals surface area contributed by atoms with E-state index in [1.165, 1.54) is 4.88 Å².